The Morgan fingerprint density at radius 2 is 1.95 bits per heavy atom. The van der Waals surface area contributed by atoms with Gasteiger partial charge < -0.3 is 9.84 Å². The molecule has 2 rings (SSSR count). The number of ether oxygens (including phenoxy) is 1. The van der Waals surface area contributed by atoms with Crippen molar-refractivity contribution < 1.29 is 23.1 Å². The van der Waals surface area contributed by atoms with E-state index in [1.807, 2.05) is 0 Å². The van der Waals surface area contributed by atoms with E-state index < -0.39 is 21.5 Å². The largest absolute Gasteiger partial charge is 0.495 e. The highest BCUT2D eigenvalue weighted by atomic mass is 32.2. The molecule has 0 radical (unpaired) electrons. The minimum Gasteiger partial charge on any atom is -0.495 e. The molecule has 0 amide bonds. The van der Waals surface area contributed by atoms with Gasteiger partial charge in [0.25, 0.3) is 0 Å². The zero-order chi connectivity index (χ0) is 15.5. The summed E-state index contributed by atoms with van der Waals surface area (Å²) in [6.45, 7) is 0. The van der Waals surface area contributed by atoms with E-state index in [1.54, 1.807) is 18.2 Å². The molecule has 0 aliphatic heterocycles. The van der Waals surface area contributed by atoms with Gasteiger partial charge in [-0.25, -0.2) is 13.1 Å². The summed E-state index contributed by atoms with van der Waals surface area (Å²) in [5.41, 5.74) is -0.897. The second-order valence-electron chi connectivity index (χ2n) is 5.31. The van der Waals surface area contributed by atoms with Gasteiger partial charge in [-0.05, 0) is 25.0 Å². The number of hydrogen-bond acceptors (Lipinski definition) is 4. The Kier molecular flexibility index (Phi) is 4.53. The number of para-hydroxylation sites is 1. The summed E-state index contributed by atoms with van der Waals surface area (Å²) in [6.07, 6.45) is 2.51. The Morgan fingerprint density at radius 3 is 2.52 bits per heavy atom. The number of hydrogen-bond donors (Lipinski definition) is 2. The van der Waals surface area contributed by atoms with Gasteiger partial charge >= 0.3 is 5.97 Å². The van der Waals surface area contributed by atoms with Crippen LogP contribution in [-0.4, -0.2) is 32.1 Å². The molecular weight excluding hydrogens is 294 g/mol. The molecule has 0 spiro atoms. The molecule has 1 saturated carbocycles. The Labute approximate surface area is 124 Å². The average Bonchev–Trinajstić information content (AvgIpc) is 2.85. The molecule has 1 aromatic carbocycles. The fourth-order valence-electron chi connectivity index (χ4n) is 2.84. The first kappa shape index (κ1) is 15.8. The first-order valence-electron chi connectivity index (χ1n) is 6.77. The van der Waals surface area contributed by atoms with E-state index >= 15 is 0 Å². The third kappa shape index (κ3) is 3.54. The van der Waals surface area contributed by atoms with E-state index in [9.17, 15) is 13.2 Å². The molecule has 2 N–H and O–H groups in total. The molecule has 1 aromatic rings. The van der Waals surface area contributed by atoms with Gasteiger partial charge in [0.2, 0.25) is 10.0 Å². The van der Waals surface area contributed by atoms with Crippen LogP contribution in [-0.2, 0) is 14.8 Å². The van der Waals surface area contributed by atoms with E-state index in [-0.39, 0.29) is 17.1 Å². The molecule has 1 fully saturated rings. The molecule has 1 aliphatic carbocycles. The fraction of sp³-hybridized carbons (Fsp3) is 0.500. The zero-order valence-electron chi connectivity index (χ0n) is 11.8. The van der Waals surface area contributed by atoms with Crippen molar-refractivity contribution in [1.29, 1.82) is 0 Å². The molecule has 1 aliphatic rings. The van der Waals surface area contributed by atoms with Crippen LogP contribution in [0, 0.1) is 0 Å². The van der Waals surface area contributed by atoms with E-state index in [0.717, 1.165) is 12.8 Å². The highest BCUT2D eigenvalue weighted by Crippen LogP contribution is 2.35. The van der Waals surface area contributed by atoms with Crippen molar-refractivity contribution in [2.75, 3.05) is 7.11 Å². The van der Waals surface area contributed by atoms with Crippen molar-refractivity contribution in [3.63, 3.8) is 0 Å². The van der Waals surface area contributed by atoms with Gasteiger partial charge in [0.05, 0.1) is 13.5 Å². The molecule has 6 nitrogen and oxygen atoms in total. The summed E-state index contributed by atoms with van der Waals surface area (Å²) in [7, 11) is -2.43. The summed E-state index contributed by atoms with van der Waals surface area (Å²) < 4.78 is 32.8. The van der Waals surface area contributed by atoms with Gasteiger partial charge in [0.1, 0.15) is 10.6 Å². The van der Waals surface area contributed by atoms with Crippen molar-refractivity contribution in [2.45, 2.75) is 42.5 Å². The minimum absolute atomic E-state index is 0.0316. The zero-order valence-corrected chi connectivity index (χ0v) is 12.6. The first-order valence-corrected chi connectivity index (χ1v) is 8.26. The van der Waals surface area contributed by atoms with Crippen molar-refractivity contribution >= 4 is 16.0 Å². The Bertz CT molecular complexity index is 620. The number of benzene rings is 1. The average molecular weight is 313 g/mol. The van der Waals surface area contributed by atoms with Crippen molar-refractivity contribution in [3.8, 4) is 5.75 Å². The van der Waals surface area contributed by atoms with Crippen molar-refractivity contribution in [1.82, 2.24) is 4.72 Å². The molecule has 21 heavy (non-hydrogen) atoms. The summed E-state index contributed by atoms with van der Waals surface area (Å²) in [5.74, 6) is -0.756. The predicted molar refractivity (Wildman–Crippen MR) is 76.8 cm³/mol. The predicted octanol–water partition coefficient (Wildman–Crippen LogP) is 1.76. The van der Waals surface area contributed by atoms with Gasteiger partial charge in [-0.15, -0.1) is 0 Å². The van der Waals surface area contributed by atoms with Crippen LogP contribution in [0.3, 0.4) is 0 Å². The number of rotatable bonds is 6. The SMILES string of the molecule is COc1ccccc1S(=O)(=O)NC1(CC(=O)O)CCCC1. The van der Waals surface area contributed by atoms with Crippen LogP contribution in [0.4, 0.5) is 0 Å². The molecule has 0 saturated heterocycles. The highest BCUT2D eigenvalue weighted by Gasteiger charge is 2.40. The number of carboxylic acid groups (broad SMARTS) is 1. The fourth-order valence-corrected chi connectivity index (χ4v) is 4.47. The molecule has 0 atom stereocenters. The van der Waals surface area contributed by atoms with Gasteiger partial charge in [-0.2, -0.15) is 0 Å². The molecule has 0 aromatic heterocycles. The maximum atomic E-state index is 12.6. The maximum absolute atomic E-state index is 12.6. The Hall–Kier alpha value is -1.60. The lowest BCUT2D eigenvalue weighted by molar-refractivity contribution is -0.138. The molecule has 0 bridgehead atoms. The van der Waals surface area contributed by atoms with Crippen LogP contribution in [0.1, 0.15) is 32.1 Å². The Balaban J connectivity index is 2.33. The summed E-state index contributed by atoms with van der Waals surface area (Å²) >= 11 is 0. The molecule has 116 valence electrons. The van der Waals surface area contributed by atoms with E-state index in [2.05, 4.69) is 4.72 Å². The molecule has 0 heterocycles. The lowest BCUT2D eigenvalue weighted by Crippen LogP contribution is -2.47. The third-order valence-corrected chi connectivity index (χ3v) is 5.38. The van der Waals surface area contributed by atoms with E-state index in [4.69, 9.17) is 9.84 Å². The third-order valence-electron chi connectivity index (χ3n) is 3.76. The standard InChI is InChI=1S/C14H19NO5S/c1-20-11-6-2-3-7-12(11)21(18,19)15-14(10-13(16)17)8-4-5-9-14/h2-3,6-7,15H,4-5,8-10H2,1H3,(H,16,17). The highest BCUT2D eigenvalue weighted by molar-refractivity contribution is 7.89. The van der Waals surface area contributed by atoms with Crippen molar-refractivity contribution in [2.24, 2.45) is 0 Å². The van der Waals surface area contributed by atoms with Gasteiger partial charge in [-0.3, -0.25) is 4.79 Å². The quantitative estimate of drug-likeness (QED) is 0.835. The normalized spacial score (nSPS) is 17.6. The van der Waals surface area contributed by atoms with E-state index in [0.29, 0.717) is 12.8 Å². The number of nitrogens with one attached hydrogen (secondary N) is 1. The Morgan fingerprint density at radius 1 is 1.33 bits per heavy atom. The van der Waals surface area contributed by atoms with Crippen LogP contribution in [0.25, 0.3) is 0 Å². The molecule has 7 heteroatoms. The van der Waals surface area contributed by atoms with Crippen LogP contribution >= 0.6 is 0 Å². The molecule has 0 unspecified atom stereocenters. The summed E-state index contributed by atoms with van der Waals surface area (Å²) in [5, 5.41) is 9.05. The number of carboxylic acids is 1. The summed E-state index contributed by atoms with van der Waals surface area (Å²) in [6, 6.07) is 6.30. The van der Waals surface area contributed by atoms with Crippen molar-refractivity contribution in [3.05, 3.63) is 24.3 Å². The number of methoxy groups -OCH3 is 1. The number of sulfonamides is 1. The second-order valence-corrected chi connectivity index (χ2v) is 6.97. The molecular formula is C14H19NO5S. The van der Waals surface area contributed by atoms with Gasteiger partial charge in [0.15, 0.2) is 0 Å². The van der Waals surface area contributed by atoms with Crippen LogP contribution in [0.15, 0.2) is 29.2 Å². The van der Waals surface area contributed by atoms with Crippen LogP contribution < -0.4 is 9.46 Å². The topological polar surface area (TPSA) is 92.7 Å². The smallest absolute Gasteiger partial charge is 0.305 e. The van der Waals surface area contributed by atoms with Gasteiger partial charge in [0, 0.05) is 5.54 Å². The first-order chi connectivity index (χ1) is 9.88. The lowest BCUT2D eigenvalue weighted by atomic mass is 9.95. The maximum Gasteiger partial charge on any atom is 0.305 e. The lowest BCUT2D eigenvalue weighted by Gasteiger charge is -2.28. The number of carbonyl (C=O) groups is 1. The minimum atomic E-state index is -3.83. The summed E-state index contributed by atoms with van der Waals surface area (Å²) in [4.78, 5) is 11.1. The second kappa shape index (κ2) is 6.03. The van der Waals surface area contributed by atoms with Crippen LogP contribution in [0.5, 0.6) is 5.75 Å². The van der Waals surface area contributed by atoms with Crippen LogP contribution in [0.2, 0.25) is 0 Å². The number of aliphatic carboxylic acids is 1. The van der Waals surface area contributed by atoms with Gasteiger partial charge in [-0.1, -0.05) is 25.0 Å². The monoisotopic (exact) mass is 313 g/mol. The van der Waals surface area contributed by atoms with E-state index in [1.165, 1.54) is 13.2 Å².